The number of benzene rings is 10. The summed E-state index contributed by atoms with van der Waals surface area (Å²) in [6, 6.07) is 89.5. The minimum atomic E-state index is -4.65. The molecule has 0 saturated heterocycles. The van der Waals surface area contributed by atoms with Crippen LogP contribution in [0.25, 0.3) is 180 Å². The smallest absolute Gasteiger partial charge is 0.433 e. The Morgan fingerprint density at radius 2 is 0.603 bits per heavy atom. The number of nitrogens with zero attached hydrogens (tertiary/aromatic N) is 14. The average molecular weight is 1950 g/mol. The lowest BCUT2D eigenvalue weighted by atomic mass is 9.98. The zero-order chi connectivity index (χ0) is 102. The first kappa shape index (κ1) is 98.5. The number of H-pyrrole nitrogens is 1. The first-order valence-electron chi connectivity index (χ1n) is 45.4. The summed E-state index contributed by atoms with van der Waals surface area (Å²) < 4.78 is 97.0. The van der Waals surface area contributed by atoms with Crippen LogP contribution in [0.15, 0.2) is 379 Å². The Labute approximate surface area is 831 Å². The zero-order valence-electron chi connectivity index (χ0n) is 79.0. The number of rotatable bonds is 19. The molecule has 11 aromatic heterocycles. The van der Waals surface area contributed by atoms with Gasteiger partial charge in [-0.2, -0.15) is 41.8 Å². The number of hydrogen-bond acceptors (Lipinski definition) is 20. The molecular weight excluding hydrogens is 1860 g/mol. The number of alkyl halides is 6. The highest BCUT2D eigenvalue weighted by molar-refractivity contribution is 5.94. The molecule has 0 unspecified atom stereocenters. The van der Waals surface area contributed by atoms with Gasteiger partial charge in [0, 0.05) is 103 Å². The maximum absolute atomic E-state index is 13.6. The molecule has 0 spiro atoms. The quantitative estimate of drug-likeness (QED) is 0.0546. The Morgan fingerprint density at radius 3 is 0.959 bits per heavy atom. The fourth-order valence-corrected chi connectivity index (χ4v) is 15.8. The molecule has 10 aromatic carbocycles. The number of carboxylic acid groups (broad SMARTS) is 3. The monoisotopic (exact) mass is 1950 g/mol. The van der Waals surface area contributed by atoms with Crippen LogP contribution < -0.4 is 0 Å². The minimum absolute atomic E-state index is 0.0140. The number of pyridine rings is 2. The molecule has 11 heterocycles. The second kappa shape index (κ2) is 43.7. The molecule has 0 saturated carbocycles. The third-order valence-electron chi connectivity index (χ3n) is 23.3. The summed E-state index contributed by atoms with van der Waals surface area (Å²) in [6.07, 6.45) is 8.40. The molecule has 24 nitrogen and oxygen atoms in total. The third-order valence-corrected chi connectivity index (χ3v) is 23.3. The fourth-order valence-electron chi connectivity index (χ4n) is 15.8. The van der Waals surface area contributed by atoms with Crippen LogP contribution in [0.4, 0.5) is 26.3 Å². The highest BCUT2D eigenvalue weighted by Crippen LogP contribution is 2.40. The van der Waals surface area contributed by atoms with E-state index in [9.17, 15) is 56.0 Å². The molecule has 0 aliphatic carbocycles. The van der Waals surface area contributed by atoms with Crippen LogP contribution in [0.5, 0.6) is 0 Å². The minimum Gasteiger partial charge on any atom is -0.478 e. The summed E-state index contributed by atoms with van der Waals surface area (Å²) in [4.78, 5) is 86.4. The van der Waals surface area contributed by atoms with Crippen molar-refractivity contribution in [3.05, 3.63) is 433 Å². The van der Waals surface area contributed by atoms with Crippen LogP contribution >= 0.6 is 0 Å². The Hall–Kier alpha value is -19.1. The van der Waals surface area contributed by atoms with E-state index in [4.69, 9.17) is 18.2 Å². The molecule has 4 N–H and O–H groups in total. The van der Waals surface area contributed by atoms with Crippen molar-refractivity contribution in [1.82, 2.24) is 75.2 Å². The lowest BCUT2D eigenvalue weighted by molar-refractivity contribution is -0.141. The van der Waals surface area contributed by atoms with E-state index < -0.39 is 41.6 Å². The van der Waals surface area contributed by atoms with Gasteiger partial charge in [0.15, 0.2) is 29.1 Å². The summed E-state index contributed by atoms with van der Waals surface area (Å²) >= 11 is 0. The Kier molecular flexibility index (Phi) is 29.5. The van der Waals surface area contributed by atoms with Gasteiger partial charge in [-0.15, -0.1) is 0 Å². The summed E-state index contributed by atoms with van der Waals surface area (Å²) in [7, 11) is 0. The lowest BCUT2D eigenvalue weighted by Gasteiger charge is -2.12. The van der Waals surface area contributed by atoms with Gasteiger partial charge in [0.25, 0.3) is 0 Å². The molecule has 0 bridgehead atoms. The van der Waals surface area contributed by atoms with Crippen molar-refractivity contribution in [2.45, 2.75) is 60.8 Å². The van der Waals surface area contributed by atoms with E-state index in [0.717, 1.165) is 141 Å². The van der Waals surface area contributed by atoms with Gasteiger partial charge in [-0.25, -0.2) is 64.2 Å². The van der Waals surface area contributed by atoms with Crippen LogP contribution in [0.2, 0.25) is 0 Å². The number of furan rings is 3. The molecule has 0 aliphatic heterocycles. The predicted molar refractivity (Wildman–Crippen MR) is 544 cm³/mol. The van der Waals surface area contributed by atoms with Gasteiger partial charge in [0.2, 0.25) is 0 Å². The van der Waals surface area contributed by atoms with E-state index in [1.54, 1.807) is 169 Å². The molecule has 0 fully saturated rings. The van der Waals surface area contributed by atoms with Gasteiger partial charge in [-0.05, 0) is 248 Å². The Bertz CT molecular complexity index is 8300. The summed E-state index contributed by atoms with van der Waals surface area (Å²) in [6.45, 7) is 13.1. The maximum Gasteiger partial charge on any atom is 0.433 e. The molecule has 0 amide bonds. The lowest BCUT2D eigenvalue weighted by Crippen LogP contribution is -2.10. The molecule has 146 heavy (non-hydrogen) atoms. The van der Waals surface area contributed by atoms with Crippen molar-refractivity contribution < 1.29 is 69.3 Å². The van der Waals surface area contributed by atoms with Gasteiger partial charge >= 0.3 is 30.3 Å². The molecule has 720 valence electrons. The third kappa shape index (κ3) is 24.1. The predicted octanol–water partition coefficient (Wildman–Crippen LogP) is 28.0. The van der Waals surface area contributed by atoms with Gasteiger partial charge < -0.3 is 28.6 Å². The molecular formula is C116H85F6N15O9. The van der Waals surface area contributed by atoms with Crippen LogP contribution in [0.3, 0.4) is 0 Å². The van der Waals surface area contributed by atoms with Crippen LogP contribution in [0.1, 0.15) is 81.8 Å². The van der Waals surface area contributed by atoms with E-state index >= 15 is 0 Å². The van der Waals surface area contributed by atoms with Crippen molar-refractivity contribution in [1.29, 1.82) is 0 Å². The summed E-state index contributed by atoms with van der Waals surface area (Å²) in [5.41, 5.74) is 24.9. The maximum atomic E-state index is 13.6. The first-order valence-corrected chi connectivity index (χ1v) is 45.4. The normalized spacial score (nSPS) is 11.1. The fraction of sp³-hybridized carbons (Fsp3) is 0.0776. The summed E-state index contributed by atoms with van der Waals surface area (Å²) in [5, 5.41) is 38.7. The molecule has 21 aromatic rings. The second-order valence-corrected chi connectivity index (χ2v) is 33.8. The van der Waals surface area contributed by atoms with E-state index in [2.05, 4.69) is 120 Å². The largest absolute Gasteiger partial charge is 0.478 e. The van der Waals surface area contributed by atoms with Crippen molar-refractivity contribution in [2.75, 3.05) is 0 Å². The number of aromatic nitrogens is 15. The Morgan fingerprint density at radius 1 is 0.267 bits per heavy atom. The highest BCUT2D eigenvalue weighted by Gasteiger charge is 2.36. The topological polar surface area (TPSA) is 348 Å². The number of carboxylic acids is 3. The van der Waals surface area contributed by atoms with Crippen molar-refractivity contribution in [3.8, 4) is 180 Å². The van der Waals surface area contributed by atoms with Crippen molar-refractivity contribution in [3.63, 3.8) is 0 Å². The SMILES string of the molecule is Cc1cc(-c2ccoc2)nc(-c2cccc(-c3ccc(C)c(C(=O)O)c3)c2)n1.Cc1ccc(-c2cc(C(F)(F)F)nc(-c3cccc(-c4cccc(-c5cn[nH]n5)c4)c3)n2)cn1.Cc1ccc(-c2cccc(-c3nc(-c4cccnc4)cc(C(F)(F)F)n3)c2)cc1C(=O)O.Cc1ccc(-c2cccc(-c3nccc(-c4ccoc4)n3)c2)cc1C(=O)O.Cc1cccc(-c2cccc(-c3nc(C)cc(-c4ccoc4)n3)c2)c1. The number of aryl methyl sites for hydroxylation is 7. The number of carbonyl (C=O) groups is 3. The van der Waals surface area contributed by atoms with E-state index in [1.807, 2.05) is 159 Å². The van der Waals surface area contributed by atoms with Crippen molar-refractivity contribution in [2.24, 2.45) is 0 Å². The van der Waals surface area contributed by atoms with E-state index in [-0.39, 0.29) is 28.6 Å². The first-order chi connectivity index (χ1) is 70.4. The van der Waals surface area contributed by atoms with Crippen LogP contribution in [0, 0.1) is 48.5 Å². The number of aromatic amines is 1. The van der Waals surface area contributed by atoms with Crippen LogP contribution in [-0.2, 0) is 12.4 Å². The number of hydrogen-bond donors (Lipinski definition) is 4. The van der Waals surface area contributed by atoms with Gasteiger partial charge in [0.05, 0.1) is 88.9 Å². The van der Waals surface area contributed by atoms with E-state index in [1.165, 1.54) is 35.8 Å². The number of halogens is 6. The standard InChI is InChI=1S/C25H17F3N6.C24H16F3N3O2.C23H18N2O3.C22H16N2O3.C22H18N2O/c1-15-8-9-20(13-29-15)21-12-23(25(26,27)28)32-24(31-21)19-7-3-5-17(11-19)16-4-2-6-18(10-16)22-14-30-34-33-22;1-14-7-8-16(11-19(14)23(31)32)15-4-2-5-17(10-15)22-29-20(18-6-3-9-28-13-18)12-21(30-22)24(25,26)27;1-14-6-7-17(12-20(14)23(26)27)16-4-3-5-18(11-16)22-24-15(2)10-21(25-22)19-8-9-28-13-19;1-14-5-6-16(12-19(14)22(25)26)15-3-2-4-17(11-15)21-23-9-7-20(24-21)18-8-10-27-13-18;1-15-5-3-6-17(11-15)18-7-4-8-19(13-18)22-23-16(2)12-21(24-22)20-9-10-25-14-20/h2-14H,1H3,(H,30,33,34);2-13H,1H3,(H,31,32);3-13H,1-2H3,(H,26,27);2-13H,1H3,(H,25,26);3-14H,1-2H3. The number of nitrogens with one attached hydrogen (secondary N) is 1. The zero-order valence-corrected chi connectivity index (χ0v) is 79.0. The molecule has 0 radical (unpaired) electrons. The van der Waals surface area contributed by atoms with Crippen LogP contribution in [-0.4, -0.2) is 108 Å². The van der Waals surface area contributed by atoms with Crippen molar-refractivity contribution >= 4 is 17.9 Å². The van der Waals surface area contributed by atoms with E-state index in [0.29, 0.717) is 67.4 Å². The molecule has 0 atom stereocenters. The summed E-state index contributed by atoms with van der Waals surface area (Å²) in [5.74, 6) is -1.08. The molecule has 30 heteroatoms. The Balaban J connectivity index is 0.000000125. The second-order valence-electron chi connectivity index (χ2n) is 33.8. The molecule has 21 rings (SSSR count). The highest BCUT2D eigenvalue weighted by atomic mass is 19.4. The molecule has 0 aliphatic rings. The van der Waals surface area contributed by atoms with Gasteiger partial charge in [-0.3, -0.25) is 9.97 Å². The van der Waals surface area contributed by atoms with Gasteiger partial charge in [-0.1, -0.05) is 175 Å². The number of aromatic carboxylic acids is 3. The van der Waals surface area contributed by atoms with Gasteiger partial charge in [0.1, 0.15) is 17.1 Å². The average Bonchev–Trinajstić information content (AvgIpc) is 1.04.